The van der Waals surface area contributed by atoms with Crippen LogP contribution in [0.2, 0.25) is 0 Å². The summed E-state index contributed by atoms with van der Waals surface area (Å²) in [7, 11) is 0. The number of Topliss-reactive ketones (excluding diaryl/α,β-unsaturated/α-hetero) is 1. The van der Waals surface area contributed by atoms with Gasteiger partial charge in [-0.3, -0.25) is 9.59 Å². The van der Waals surface area contributed by atoms with E-state index in [1.54, 1.807) is 24.3 Å². The molecule has 152 valence electrons. The average molecular weight is 386 g/mol. The van der Waals surface area contributed by atoms with Gasteiger partial charge in [-0.15, -0.1) is 0 Å². The van der Waals surface area contributed by atoms with Crippen LogP contribution < -0.4 is 5.32 Å². The van der Waals surface area contributed by atoms with Crippen LogP contribution in [0.1, 0.15) is 52.5 Å². The maximum Gasteiger partial charge on any atom is 0.259 e. The predicted octanol–water partition coefficient (Wildman–Crippen LogP) is 4.22. The normalized spacial score (nSPS) is 21.4. The third-order valence-corrected chi connectivity index (χ3v) is 5.17. The second-order valence-corrected chi connectivity index (χ2v) is 7.93. The molecule has 5 heteroatoms. The van der Waals surface area contributed by atoms with E-state index in [0.717, 1.165) is 18.4 Å². The molecule has 1 fully saturated rings. The smallest absolute Gasteiger partial charge is 0.259 e. The fourth-order valence-corrected chi connectivity index (χ4v) is 3.86. The maximum absolute atomic E-state index is 12.7. The Morgan fingerprint density at radius 3 is 2.46 bits per heavy atom. The van der Waals surface area contributed by atoms with E-state index < -0.39 is 11.9 Å². The molecular weight excluding hydrogens is 354 g/mol. The van der Waals surface area contributed by atoms with Gasteiger partial charge in [-0.05, 0) is 49.8 Å². The maximum atomic E-state index is 12.7. The number of amides is 1. The number of phenols is 1. The van der Waals surface area contributed by atoms with Crippen LogP contribution in [-0.4, -0.2) is 27.9 Å². The van der Waals surface area contributed by atoms with E-state index in [4.69, 9.17) is 0 Å². The molecule has 0 spiro atoms. The third-order valence-electron chi connectivity index (χ3n) is 5.17. The van der Waals surface area contributed by atoms with Gasteiger partial charge in [0.25, 0.3) is 5.91 Å². The van der Waals surface area contributed by atoms with Gasteiger partial charge >= 0.3 is 0 Å². The van der Waals surface area contributed by atoms with Gasteiger partial charge in [0.2, 0.25) is 0 Å². The first-order valence-electron chi connectivity index (χ1n) is 9.94. The van der Waals surface area contributed by atoms with E-state index in [9.17, 15) is 19.8 Å². The average Bonchev–Trinajstić information content (AvgIpc) is 2.89. The topological polar surface area (TPSA) is 86.6 Å². The minimum absolute atomic E-state index is 0.107. The predicted molar refractivity (Wildman–Crippen MR) is 110 cm³/mol. The van der Waals surface area contributed by atoms with Crippen LogP contribution >= 0.6 is 0 Å². The molecule has 28 heavy (non-hydrogen) atoms. The van der Waals surface area contributed by atoms with Crippen molar-refractivity contribution in [1.29, 1.82) is 0 Å². The standard InChI is InChI=1S/C23H31NO4/c1-5-6-14(2)11-15(3)12-16(4)21(26)20-22(27)19(24-23(20)28)13-17-7-9-18(25)10-8-17/h6-10,15-16,19,25-26H,5,11-13H2,1-4H3,(H,24,28). The third kappa shape index (κ3) is 5.47. The number of hydrogen-bond acceptors (Lipinski definition) is 4. The number of aromatic hydroxyl groups is 1. The minimum Gasteiger partial charge on any atom is -0.511 e. The highest BCUT2D eigenvalue weighted by Crippen LogP contribution is 2.27. The SMILES string of the molecule is CCC=C(C)CC(C)CC(C)C(O)=C1C(=O)NC(Cc2ccc(O)cc2)C1=O. The largest absolute Gasteiger partial charge is 0.511 e. The monoisotopic (exact) mass is 385 g/mol. The molecule has 1 amide bonds. The van der Waals surface area contributed by atoms with Crippen molar-refractivity contribution in [1.82, 2.24) is 5.32 Å². The molecule has 1 saturated heterocycles. The molecule has 3 unspecified atom stereocenters. The molecule has 5 nitrogen and oxygen atoms in total. The van der Waals surface area contributed by atoms with Gasteiger partial charge in [-0.2, -0.15) is 0 Å². The van der Waals surface area contributed by atoms with Gasteiger partial charge < -0.3 is 15.5 Å². The summed E-state index contributed by atoms with van der Waals surface area (Å²) >= 11 is 0. The number of aliphatic hydroxyl groups is 1. The first-order valence-corrected chi connectivity index (χ1v) is 9.94. The minimum atomic E-state index is -0.687. The molecule has 2 rings (SSSR count). The zero-order chi connectivity index (χ0) is 20.8. The van der Waals surface area contributed by atoms with Crippen molar-refractivity contribution in [2.24, 2.45) is 11.8 Å². The number of rotatable bonds is 8. The molecule has 0 saturated carbocycles. The van der Waals surface area contributed by atoms with Gasteiger partial charge in [0, 0.05) is 12.3 Å². The number of aliphatic hydroxyl groups excluding tert-OH is 1. The summed E-state index contributed by atoms with van der Waals surface area (Å²) in [4.78, 5) is 25.1. The van der Waals surface area contributed by atoms with Gasteiger partial charge in [0.15, 0.2) is 5.78 Å². The number of ketones is 1. The Labute approximate surface area is 167 Å². The Hall–Kier alpha value is -2.56. The van der Waals surface area contributed by atoms with E-state index >= 15 is 0 Å². The number of carbonyl (C=O) groups is 2. The first-order chi connectivity index (χ1) is 13.2. The number of carbonyl (C=O) groups excluding carboxylic acids is 2. The molecule has 1 aliphatic rings. The number of allylic oxidation sites excluding steroid dienone is 3. The van der Waals surface area contributed by atoms with Gasteiger partial charge in [0.1, 0.15) is 17.1 Å². The van der Waals surface area contributed by atoms with Crippen LogP contribution in [0.4, 0.5) is 0 Å². The molecule has 1 aliphatic heterocycles. The molecule has 0 aromatic heterocycles. The Balaban J connectivity index is 2.07. The first kappa shape index (κ1) is 21.7. The number of phenolic OH excluding ortho intramolecular Hbond substituents is 1. The van der Waals surface area contributed by atoms with Crippen molar-refractivity contribution < 1.29 is 19.8 Å². The van der Waals surface area contributed by atoms with Gasteiger partial charge in [-0.1, -0.05) is 44.6 Å². The Morgan fingerprint density at radius 2 is 1.86 bits per heavy atom. The van der Waals surface area contributed by atoms with E-state index in [-0.39, 0.29) is 28.8 Å². The fourth-order valence-electron chi connectivity index (χ4n) is 3.86. The molecule has 1 aromatic carbocycles. The van der Waals surface area contributed by atoms with Crippen LogP contribution in [-0.2, 0) is 16.0 Å². The van der Waals surface area contributed by atoms with Crippen LogP contribution in [0.3, 0.4) is 0 Å². The molecule has 0 bridgehead atoms. The lowest BCUT2D eigenvalue weighted by atomic mass is 9.88. The highest BCUT2D eigenvalue weighted by molar-refractivity contribution is 6.26. The number of nitrogens with one attached hydrogen (secondary N) is 1. The van der Waals surface area contributed by atoms with Gasteiger partial charge in [-0.25, -0.2) is 0 Å². The lowest BCUT2D eigenvalue weighted by Crippen LogP contribution is -2.31. The van der Waals surface area contributed by atoms with E-state index in [1.165, 1.54) is 5.57 Å². The van der Waals surface area contributed by atoms with Crippen molar-refractivity contribution >= 4 is 11.7 Å². The zero-order valence-corrected chi connectivity index (χ0v) is 17.2. The Bertz CT molecular complexity index is 776. The van der Waals surface area contributed by atoms with E-state index in [0.29, 0.717) is 18.8 Å². The molecule has 1 heterocycles. The summed E-state index contributed by atoms with van der Waals surface area (Å²) in [6.45, 7) is 8.17. The van der Waals surface area contributed by atoms with Crippen molar-refractivity contribution in [2.75, 3.05) is 0 Å². The summed E-state index contributed by atoms with van der Waals surface area (Å²) in [6.07, 6.45) is 5.16. The second-order valence-electron chi connectivity index (χ2n) is 7.93. The van der Waals surface area contributed by atoms with E-state index in [1.807, 2.05) is 6.92 Å². The number of benzene rings is 1. The van der Waals surface area contributed by atoms with Crippen molar-refractivity contribution in [3.05, 3.63) is 52.8 Å². The van der Waals surface area contributed by atoms with Crippen LogP contribution in [0, 0.1) is 11.8 Å². The Kier molecular flexibility index (Phi) is 7.44. The molecule has 0 radical (unpaired) electrons. The molecule has 3 N–H and O–H groups in total. The number of hydrogen-bond donors (Lipinski definition) is 3. The van der Waals surface area contributed by atoms with Gasteiger partial charge in [0.05, 0.1) is 6.04 Å². The zero-order valence-electron chi connectivity index (χ0n) is 17.2. The molecular formula is C23H31NO4. The highest BCUT2D eigenvalue weighted by Gasteiger charge is 2.39. The summed E-state index contributed by atoms with van der Waals surface area (Å²) in [5, 5.41) is 22.7. The lowest BCUT2D eigenvalue weighted by Gasteiger charge is -2.18. The summed E-state index contributed by atoms with van der Waals surface area (Å²) in [6, 6.07) is 5.83. The lowest BCUT2D eigenvalue weighted by molar-refractivity contribution is -0.117. The summed E-state index contributed by atoms with van der Waals surface area (Å²) in [5.74, 6) is -0.755. The molecule has 0 aliphatic carbocycles. The molecule has 1 aromatic rings. The second kappa shape index (κ2) is 9.58. The van der Waals surface area contributed by atoms with Crippen molar-refractivity contribution in [3.63, 3.8) is 0 Å². The van der Waals surface area contributed by atoms with Crippen LogP contribution in [0.5, 0.6) is 5.75 Å². The fraction of sp³-hybridized carbons (Fsp3) is 0.478. The van der Waals surface area contributed by atoms with Crippen LogP contribution in [0.25, 0.3) is 0 Å². The van der Waals surface area contributed by atoms with Crippen LogP contribution in [0.15, 0.2) is 47.2 Å². The quantitative estimate of drug-likeness (QED) is 0.271. The summed E-state index contributed by atoms with van der Waals surface area (Å²) < 4.78 is 0. The van der Waals surface area contributed by atoms with Crippen molar-refractivity contribution in [3.8, 4) is 5.75 Å². The highest BCUT2D eigenvalue weighted by atomic mass is 16.3. The molecule has 3 atom stereocenters. The Morgan fingerprint density at radius 1 is 1.21 bits per heavy atom. The van der Waals surface area contributed by atoms with Crippen molar-refractivity contribution in [2.45, 2.75) is 59.4 Å². The van der Waals surface area contributed by atoms with E-state index in [2.05, 4.69) is 32.2 Å². The summed E-state index contributed by atoms with van der Waals surface area (Å²) in [5.41, 5.74) is 2.04.